The van der Waals surface area contributed by atoms with Crippen molar-refractivity contribution in [3.05, 3.63) is 0 Å². The van der Waals surface area contributed by atoms with Gasteiger partial charge in [0.25, 0.3) is 0 Å². The van der Waals surface area contributed by atoms with Gasteiger partial charge < -0.3 is 24.9 Å². The highest BCUT2D eigenvalue weighted by Gasteiger charge is 2.40. The molecule has 162 valence electrons. The minimum atomic E-state index is -0.400. The number of rotatable bonds is 5. The summed E-state index contributed by atoms with van der Waals surface area (Å²) in [6.45, 7) is 8.69. The van der Waals surface area contributed by atoms with Gasteiger partial charge in [-0.1, -0.05) is 0 Å². The molecule has 0 atom stereocenters. The van der Waals surface area contributed by atoms with E-state index in [9.17, 15) is 14.4 Å². The van der Waals surface area contributed by atoms with Gasteiger partial charge in [-0.25, -0.2) is 4.99 Å². The Morgan fingerprint density at radius 2 is 1.68 bits per heavy atom. The van der Waals surface area contributed by atoms with Crippen LogP contribution in [0.4, 0.5) is 0 Å². The fraction of sp³-hybridized carbons (Fsp3) is 0.778. The Bertz CT molecular complexity index is 604. The van der Waals surface area contributed by atoms with E-state index < -0.39 is 5.54 Å². The normalized spacial score (nSPS) is 16.6. The Kier molecular flexibility index (Phi) is 10.2. The van der Waals surface area contributed by atoms with Gasteiger partial charge in [-0.15, -0.1) is 24.0 Å². The number of piperazine rings is 1. The number of aliphatic imine (C=N–C) groups is 1. The molecule has 1 aliphatic rings. The van der Waals surface area contributed by atoms with E-state index in [-0.39, 0.29) is 67.4 Å². The third kappa shape index (κ3) is 7.10. The highest BCUT2D eigenvalue weighted by molar-refractivity contribution is 14.0. The molecule has 0 spiro atoms. The smallest absolute Gasteiger partial charge is 0.243 e. The molecule has 0 bridgehead atoms. The third-order valence-corrected chi connectivity index (χ3v) is 4.40. The van der Waals surface area contributed by atoms with Crippen molar-refractivity contribution in [3.63, 3.8) is 0 Å². The van der Waals surface area contributed by atoms with Crippen LogP contribution in [0.3, 0.4) is 0 Å². The number of guanidine groups is 1. The van der Waals surface area contributed by atoms with E-state index in [1.807, 2.05) is 37.5 Å². The molecule has 1 fully saturated rings. The first-order valence-corrected chi connectivity index (χ1v) is 9.12. The van der Waals surface area contributed by atoms with E-state index in [0.29, 0.717) is 12.5 Å². The molecular weight excluding hydrogens is 475 g/mol. The number of amides is 3. The fourth-order valence-corrected chi connectivity index (χ4v) is 3.18. The summed E-state index contributed by atoms with van der Waals surface area (Å²) in [5.41, 5.74) is -0.400. The molecule has 28 heavy (non-hydrogen) atoms. The number of likely N-dealkylation sites (N-methyl/N-ethyl adjacent to an activating group) is 2. The van der Waals surface area contributed by atoms with Crippen LogP contribution < -0.4 is 5.32 Å². The average molecular weight is 510 g/mol. The summed E-state index contributed by atoms with van der Waals surface area (Å²) >= 11 is 0. The molecule has 0 unspecified atom stereocenters. The molecule has 1 heterocycles. The summed E-state index contributed by atoms with van der Waals surface area (Å²) in [7, 11) is 6.66. The zero-order valence-corrected chi connectivity index (χ0v) is 20.6. The van der Waals surface area contributed by atoms with Crippen molar-refractivity contribution in [2.45, 2.75) is 39.3 Å². The maximum absolute atomic E-state index is 12.7. The lowest BCUT2D eigenvalue weighted by molar-refractivity contribution is -0.145. The summed E-state index contributed by atoms with van der Waals surface area (Å²) in [5, 5.41) is 3.01. The first kappa shape index (κ1) is 26.4. The number of halogens is 1. The van der Waals surface area contributed by atoms with Crippen molar-refractivity contribution < 1.29 is 14.4 Å². The first-order chi connectivity index (χ1) is 12.4. The van der Waals surface area contributed by atoms with Gasteiger partial charge in [0.15, 0.2) is 5.96 Å². The summed E-state index contributed by atoms with van der Waals surface area (Å²) in [6.07, 6.45) is 0. The van der Waals surface area contributed by atoms with E-state index >= 15 is 0 Å². The molecule has 0 aromatic carbocycles. The van der Waals surface area contributed by atoms with E-state index in [4.69, 9.17) is 0 Å². The first-order valence-electron chi connectivity index (χ1n) is 9.12. The summed E-state index contributed by atoms with van der Waals surface area (Å²) < 4.78 is 0. The lowest BCUT2D eigenvalue weighted by atomic mass is 9.96. The predicted molar refractivity (Wildman–Crippen MR) is 121 cm³/mol. The molecule has 10 heteroatoms. The molecule has 0 aromatic heterocycles. The fourth-order valence-electron chi connectivity index (χ4n) is 3.18. The molecule has 0 radical (unpaired) electrons. The molecule has 0 aliphatic carbocycles. The van der Waals surface area contributed by atoms with Crippen LogP contribution in [0.2, 0.25) is 0 Å². The molecule has 0 saturated carbocycles. The Hall–Kier alpha value is -1.59. The van der Waals surface area contributed by atoms with Gasteiger partial charge >= 0.3 is 0 Å². The van der Waals surface area contributed by atoms with Crippen molar-refractivity contribution in [2.24, 2.45) is 4.99 Å². The van der Waals surface area contributed by atoms with Crippen LogP contribution in [0.25, 0.3) is 0 Å². The molecular formula is C18H35IN6O3. The van der Waals surface area contributed by atoms with Gasteiger partial charge in [-0.2, -0.15) is 0 Å². The van der Waals surface area contributed by atoms with E-state index in [1.165, 1.54) is 9.80 Å². The van der Waals surface area contributed by atoms with E-state index in [0.717, 1.165) is 0 Å². The van der Waals surface area contributed by atoms with Gasteiger partial charge in [0, 0.05) is 40.8 Å². The second-order valence-electron chi connectivity index (χ2n) is 8.10. The van der Waals surface area contributed by atoms with Crippen molar-refractivity contribution in [3.8, 4) is 0 Å². The Morgan fingerprint density at radius 1 is 1.14 bits per heavy atom. The van der Waals surface area contributed by atoms with Crippen molar-refractivity contribution >= 4 is 47.7 Å². The highest BCUT2D eigenvalue weighted by Crippen LogP contribution is 2.24. The second kappa shape index (κ2) is 10.8. The van der Waals surface area contributed by atoms with E-state index in [1.54, 1.807) is 28.2 Å². The number of hydrogen-bond donors (Lipinski definition) is 1. The standard InChI is InChI=1S/C18H34N6O3.HI/c1-13(2)24-16(27)11-23(12-18(24,3)4)17(19-9-14(25)21(5)6)20-10-15(26)22(7)8;/h13H,9-12H2,1-8H3,(H,19,20);1H. The van der Waals surface area contributed by atoms with Crippen LogP contribution in [-0.2, 0) is 14.4 Å². The molecule has 1 rings (SSSR count). The molecule has 1 saturated heterocycles. The number of carbonyl (C=O) groups is 3. The lowest BCUT2D eigenvalue weighted by Gasteiger charge is -2.49. The van der Waals surface area contributed by atoms with Crippen LogP contribution in [-0.4, -0.2) is 109 Å². The summed E-state index contributed by atoms with van der Waals surface area (Å²) in [4.78, 5) is 47.6. The zero-order chi connectivity index (χ0) is 20.9. The minimum Gasteiger partial charge on any atom is -0.347 e. The number of nitrogens with one attached hydrogen (secondary N) is 1. The second-order valence-corrected chi connectivity index (χ2v) is 8.10. The van der Waals surface area contributed by atoms with Crippen molar-refractivity contribution in [1.82, 2.24) is 24.9 Å². The number of hydrogen-bond acceptors (Lipinski definition) is 4. The zero-order valence-electron chi connectivity index (χ0n) is 18.3. The molecule has 9 nitrogen and oxygen atoms in total. The Morgan fingerprint density at radius 3 is 2.11 bits per heavy atom. The average Bonchev–Trinajstić information content (AvgIpc) is 2.51. The van der Waals surface area contributed by atoms with Crippen LogP contribution in [0, 0.1) is 0 Å². The maximum atomic E-state index is 12.7. The topological polar surface area (TPSA) is 88.6 Å². The van der Waals surface area contributed by atoms with Crippen LogP contribution in [0.5, 0.6) is 0 Å². The molecule has 1 aliphatic heterocycles. The molecule has 0 aromatic rings. The highest BCUT2D eigenvalue weighted by atomic mass is 127. The quantitative estimate of drug-likeness (QED) is 0.321. The van der Waals surface area contributed by atoms with Gasteiger partial charge in [0.1, 0.15) is 6.54 Å². The van der Waals surface area contributed by atoms with Gasteiger partial charge in [0.2, 0.25) is 17.7 Å². The number of carbonyl (C=O) groups excluding carboxylic acids is 3. The van der Waals surface area contributed by atoms with Crippen molar-refractivity contribution in [2.75, 3.05) is 54.4 Å². The van der Waals surface area contributed by atoms with Crippen molar-refractivity contribution in [1.29, 1.82) is 0 Å². The maximum Gasteiger partial charge on any atom is 0.243 e. The van der Waals surface area contributed by atoms with Gasteiger partial charge in [-0.05, 0) is 27.7 Å². The predicted octanol–water partition coefficient (Wildman–Crippen LogP) is 0.0576. The van der Waals surface area contributed by atoms with E-state index in [2.05, 4.69) is 10.3 Å². The summed E-state index contributed by atoms with van der Waals surface area (Å²) in [6, 6.07) is 0.0913. The lowest BCUT2D eigenvalue weighted by Crippen LogP contribution is -2.66. The monoisotopic (exact) mass is 510 g/mol. The van der Waals surface area contributed by atoms with Crippen LogP contribution >= 0.6 is 24.0 Å². The Balaban J connectivity index is 0.00000729. The van der Waals surface area contributed by atoms with Crippen LogP contribution in [0.1, 0.15) is 27.7 Å². The van der Waals surface area contributed by atoms with Crippen LogP contribution in [0.15, 0.2) is 4.99 Å². The minimum absolute atomic E-state index is 0. The Labute approximate surface area is 185 Å². The molecule has 3 amide bonds. The third-order valence-electron chi connectivity index (χ3n) is 4.40. The number of nitrogens with zero attached hydrogens (tertiary/aromatic N) is 5. The summed E-state index contributed by atoms with van der Waals surface area (Å²) in [5.74, 6) is 0.117. The van der Waals surface area contributed by atoms with Gasteiger partial charge in [-0.3, -0.25) is 14.4 Å². The largest absolute Gasteiger partial charge is 0.347 e. The SMILES string of the molecule is CC(C)N1C(=O)CN(C(=NCC(=O)N(C)C)NCC(=O)N(C)C)CC1(C)C.I. The van der Waals surface area contributed by atoms with Gasteiger partial charge in [0.05, 0.1) is 18.6 Å². The molecule has 1 N–H and O–H groups in total.